The van der Waals surface area contributed by atoms with Crippen molar-refractivity contribution in [3.63, 3.8) is 0 Å². The van der Waals surface area contributed by atoms with Gasteiger partial charge in [-0.2, -0.15) is 0 Å². The number of nitrogen functional groups attached to an aromatic ring is 1. The molecule has 0 bridgehead atoms. The molecule has 16 heavy (non-hydrogen) atoms. The number of carbonyl (C=O) groups is 1. The number of nitrogens with two attached hydrogens (primary N) is 1. The highest BCUT2D eigenvalue weighted by Crippen LogP contribution is 2.23. The highest BCUT2D eigenvalue weighted by molar-refractivity contribution is 5.99. The van der Waals surface area contributed by atoms with Gasteiger partial charge in [0.15, 0.2) is 0 Å². The first kappa shape index (κ1) is 10.8. The van der Waals surface area contributed by atoms with E-state index in [9.17, 15) is 9.90 Å². The zero-order valence-electron chi connectivity index (χ0n) is 9.31. The van der Waals surface area contributed by atoms with Gasteiger partial charge in [-0.25, -0.2) is 0 Å². The second-order valence-corrected chi connectivity index (χ2v) is 4.42. The molecule has 4 nitrogen and oxygen atoms in total. The van der Waals surface area contributed by atoms with E-state index in [4.69, 9.17) is 5.73 Å². The lowest BCUT2D eigenvalue weighted by Gasteiger charge is -2.17. The van der Waals surface area contributed by atoms with Crippen molar-refractivity contribution in [3.8, 4) is 5.75 Å². The minimum absolute atomic E-state index is 0.0739. The molecule has 1 aromatic rings. The Morgan fingerprint density at radius 1 is 1.56 bits per heavy atom. The van der Waals surface area contributed by atoms with Gasteiger partial charge in [0.1, 0.15) is 5.75 Å². The number of benzene rings is 1. The van der Waals surface area contributed by atoms with Gasteiger partial charge in [0, 0.05) is 18.8 Å². The Morgan fingerprint density at radius 3 is 2.94 bits per heavy atom. The molecule has 0 saturated carbocycles. The van der Waals surface area contributed by atoms with Gasteiger partial charge in [-0.05, 0) is 30.5 Å². The fourth-order valence-electron chi connectivity index (χ4n) is 2.02. The van der Waals surface area contributed by atoms with Crippen molar-refractivity contribution in [2.75, 3.05) is 18.8 Å². The van der Waals surface area contributed by atoms with Gasteiger partial charge in [-0.1, -0.05) is 6.92 Å². The van der Waals surface area contributed by atoms with Crippen LogP contribution >= 0.6 is 0 Å². The minimum Gasteiger partial charge on any atom is -0.508 e. The summed E-state index contributed by atoms with van der Waals surface area (Å²) in [7, 11) is 0. The van der Waals surface area contributed by atoms with Crippen LogP contribution in [0.4, 0.5) is 5.69 Å². The summed E-state index contributed by atoms with van der Waals surface area (Å²) in [6, 6.07) is 4.47. The molecule has 1 aliphatic rings. The van der Waals surface area contributed by atoms with Crippen molar-refractivity contribution >= 4 is 11.6 Å². The second kappa shape index (κ2) is 4.04. The van der Waals surface area contributed by atoms with Crippen molar-refractivity contribution in [1.82, 2.24) is 4.90 Å². The molecule has 0 aromatic heterocycles. The van der Waals surface area contributed by atoms with Crippen molar-refractivity contribution < 1.29 is 9.90 Å². The molecule has 0 spiro atoms. The zero-order valence-corrected chi connectivity index (χ0v) is 9.31. The van der Waals surface area contributed by atoms with E-state index in [1.807, 2.05) is 0 Å². The number of anilines is 1. The van der Waals surface area contributed by atoms with Crippen LogP contribution in [0.1, 0.15) is 23.7 Å². The molecule has 2 rings (SSSR count). The number of phenols is 1. The van der Waals surface area contributed by atoms with E-state index >= 15 is 0 Å². The predicted octanol–water partition coefficient (Wildman–Crippen LogP) is 1.46. The molecule has 1 unspecified atom stereocenters. The number of hydrogen-bond donors (Lipinski definition) is 2. The van der Waals surface area contributed by atoms with E-state index in [2.05, 4.69) is 6.92 Å². The normalized spacial score (nSPS) is 20.1. The van der Waals surface area contributed by atoms with Crippen LogP contribution in [0.25, 0.3) is 0 Å². The number of hydrogen-bond acceptors (Lipinski definition) is 3. The highest BCUT2D eigenvalue weighted by Gasteiger charge is 2.25. The van der Waals surface area contributed by atoms with Gasteiger partial charge in [-0.3, -0.25) is 4.79 Å². The fourth-order valence-corrected chi connectivity index (χ4v) is 2.02. The van der Waals surface area contributed by atoms with Gasteiger partial charge < -0.3 is 15.7 Å². The van der Waals surface area contributed by atoms with Gasteiger partial charge in [0.05, 0.1) is 5.56 Å². The molecule has 0 radical (unpaired) electrons. The Hall–Kier alpha value is -1.71. The van der Waals surface area contributed by atoms with Crippen LogP contribution in [-0.4, -0.2) is 29.0 Å². The quantitative estimate of drug-likeness (QED) is 0.556. The lowest BCUT2D eigenvalue weighted by molar-refractivity contribution is 0.0788. The van der Waals surface area contributed by atoms with Crippen molar-refractivity contribution in [3.05, 3.63) is 23.8 Å². The molecule has 1 aromatic carbocycles. The van der Waals surface area contributed by atoms with Crippen LogP contribution in [0.2, 0.25) is 0 Å². The monoisotopic (exact) mass is 220 g/mol. The first-order valence-corrected chi connectivity index (χ1v) is 5.45. The molecule has 1 saturated heterocycles. The Bertz CT molecular complexity index is 417. The maximum Gasteiger partial charge on any atom is 0.256 e. The molecule has 1 heterocycles. The average Bonchev–Trinajstić information content (AvgIpc) is 2.67. The largest absolute Gasteiger partial charge is 0.508 e. The Balaban J connectivity index is 2.23. The minimum atomic E-state index is -0.0854. The molecule has 0 aliphatic carbocycles. The number of rotatable bonds is 1. The summed E-state index contributed by atoms with van der Waals surface area (Å²) >= 11 is 0. The summed E-state index contributed by atoms with van der Waals surface area (Å²) in [5.41, 5.74) is 6.55. The molecule has 4 heteroatoms. The third kappa shape index (κ3) is 1.96. The number of aromatic hydroxyl groups is 1. The first-order valence-electron chi connectivity index (χ1n) is 5.45. The van der Waals surface area contributed by atoms with E-state index in [1.54, 1.807) is 11.0 Å². The van der Waals surface area contributed by atoms with Crippen molar-refractivity contribution in [2.24, 2.45) is 5.92 Å². The highest BCUT2D eigenvalue weighted by atomic mass is 16.3. The van der Waals surface area contributed by atoms with Crippen molar-refractivity contribution in [2.45, 2.75) is 13.3 Å². The average molecular weight is 220 g/mol. The van der Waals surface area contributed by atoms with E-state index < -0.39 is 0 Å². The predicted molar refractivity (Wildman–Crippen MR) is 62.2 cm³/mol. The number of carbonyl (C=O) groups excluding carboxylic acids is 1. The Morgan fingerprint density at radius 2 is 2.31 bits per heavy atom. The third-order valence-electron chi connectivity index (χ3n) is 2.98. The lowest BCUT2D eigenvalue weighted by atomic mass is 10.1. The summed E-state index contributed by atoms with van der Waals surface area (Å²) in [5.74, 6) is 0.532. The van der Waals surface area contributed by atoms with E-state index in [0.29, 0.717) is 17.2 Å². The van der Waals surface area contributed by atoms with Gasteiger partial charge >= 0.3 is 0 Å². The van der Waals surface area contributed by atoms with Crippen LogP contribution in [0.5, 0.6) is 5.75 Å². The van der Waals surface area contributed by atoms with Gasteiger partial charge in [0.25, 0.3) is 5.91 Å². The third-order valence-corrected chi connectivity index (χ3v) is 2.98. The van der Waals surface area contributed by atoms with E-state index in [-0.39, 0.29) is 11.7 Å². The smallest absolute Gasteiger partial charge is 0.256 e. The van der Waals surface area contributed by atoms with Crippen LogP contribution < -0.4 is 5.73 Å². The van der Waals surface area contributed by atoms with Gasteiger partial charge in [-0.15, -0.1) is 0 Å². The summed E-state index contributed by atoms with van der Waals surface area (Å²) < 4.78 is 0. The SMILES string of the molecule is CC1CCN(C(=O)c2cc(O)ccc2N)C1. The van der Waals surface area contributed by atoms with Crippen molar-refractivity contribution in [1.29, 1.82) is 0 Å². The summed E-state index contributed by atoms with van der Waals surface area (Å²) in [6.45, 7) is 3.67. The Kier molecular flexibility index (Phi) is 2.73. The molecule has 1 fully saturated rings. The topological polar surface area (TPSA) is 66.6 Å². The molecule has 86 valence electrons. The number of likely N-dealkylation sites (tertiary alicyclic amines) is 1. The molecular formula is C12H16N2O2. The molecule has 1 aliphatic heterocycles. The van der Waals surface area contributed by atoms with E-state index in [0.717, 1.165) is 19.5 Å². The first-order chi connectivity index (χ1) is 7.58. The standard InChI is InChI=1S/C12H16N2O2/c1-8-4-5-14(7-8)12(16)10-6-9(15)2-3-11(10)13/h2-3,6,8,15H,4-5,7,13H2,1H3. The molecule has 1 atom stereocenters. The molecular weight excluding hydrogens is 204 g/mol. The summed E-state index contributed by atoms with van der Waals surface area (Å²) in [5, 5.41) is 9.35. The summed E-state index contributed by atoms with van der Waals surface area (Å²) in [6.07, 6.45) is 1.03. The summed E-state index contributed by atoms with van der Waals surface area (Å²) in [4.78, 5) is 13.9. The zero-order chi connectivity index (χ0) is 11.7. The number of amides is 1. The number of phenolic OH excluding ortho intramolecular Hbond substituents is 1. The molecule has 3 N–H and O–H groups in total. The van der Waals surface area contributed by atoms with Crippen LogP contribution in [0.15, 0.2) is 18.2 Å². The Labute approximate surface area is 94.7 Å². The van der Waals surface area contributed by atoms with Crippen LogP contribution in [-0.2, 0) is 0 Å². The lowest BCUT2D eigenvalue weighted by Crippen LogP contribution is -2.29. The number of nitrogens with zero attached hydrogens (tertiary/aromatic N) is 1. The fraction of sp³-hybridized carbons (Fsp3) is 0.417. The maximum atomic E-state index is 12.1. The van der Waals surface area contributed by atoms with Crippen LogP contribution in [0.3, 0.4) is 0 Å². The molecule has 1 amide bonds. The maximum absolute atomic E-state index is 12.1. The second-order valence-electron chi connectivity index (χ2n) is 4.42. The van der Waals surface area contributed by atoms with Gasteiger partial charge in [0.2, 0.25) is 0 Å². The van der Waals surface area contributed by atoms with E-state index in [1.165, 1.54) is 12.1 Å². The van der Waals surface area contributed by atoms with Crippen LogP contribution in [0, 0.1) is 5.92 Å².